The Kier molecular flexibility index (Phi) is 3.65. The number of H-pyrrole nitrogens is 1. The number of rotatable bonds is 4. The third-order valence-corrected chi connectivity index (χ3v) is 3.36. The van der Waals surface area contributed by atoms with Crippen LogP contribution >= 0.6 is 0 Å². The molecule has 0 radical (unpaired) electrons. The van der Waals surface area contributed by atoms with Crippen LogP contribution in [0.15, 0.2) is 24.3 Å². The minimum Gasteiger partial charge on any atom is -0.382 e. The molecule has 4 heteroatoms. The molecule has 2 aromatic rings. The molecule has 1 heterocycles. The van der Waals surface area contributed by atoms with Gasteiger partial charge in [-0.25, -0.2) is 4.39 Å². The van der Waals surface area contributed by atoms with Gasteiger partial charge in [-0.1, -0.05) is 32.0 Å². The molecule has 0 aliphatic rings. The first-order valence-electron chi connectivity index (χ1n) is 6.27. The Morgan fingerprint density at radius 2 is 1.94 bits per heavy atom. The highest BCUT2D eigenvalue weighted by Crippen LogP contribution is 2.36. The fourth-order valence-electron chi connectivity index (χ4n) is 2.31. The Balaban J connectivity index is 2.57. The number of aromatic nitrogens is 2. The number of nitrogens with one attached hydrogen (secondary N) is 1. The topological polar surface area (TPSA) is 54.7 Å². The Bertz CT molecular complexity index is 530. The van der Waals surface area contributed by atoms with Gasteiger partial charge in [-0.2, -0.15) is 5.10 Å². The van der Waals surface area contributed by atoms with E-state index in [1.165, 1.54) is 6.07 Å². The normalized spacial score (nSPS) is 11.1. The highest BCUT2D eigenvalue weighted by atomic mass is 19.1. The molecule has 96 valence electrons. The summed E-state index contributed by atoms with van der Waals surface area (Å²) in [7, 11) is 0. The number of halogens is 1. The fourth-order valence-corrected chi connectivity index (χ4v) is 2.31. The lowest BCUT2D eigenvalue weighted by atomic mass is 9.93. The molecule has 0 saturated carbocycles. The van der Waals surface area contributed by atoms with Gasteiger partial charge in [0.05, 0.1) is 0 Å². The summed E-state index contributed by atoms with van der Waals surface area (Å²) in [5, 5.41) is 7.00. The summed E-state index contributed by atoms with van der Waals surface area (Å²) < 4.78 is 13.9. The summed E-state index contributed by atoms with van der Waals surface area (Å²) in [4.78, 5) is 0. The quantitative estimate of drug-likeness (QED) is 0.865. The van der Waals surface area contributed by atoms with Gasteiger partial charge < -0.3 is 5.73 Å². The predicted molar refractivity (Wildman–Crippen MR) is 71.7 cm³/mol. The van der Waals surface area contributed by atoms with Crippen molar-refractivity contribution in [1.82, 2.24) is 10.2 Å². The monoisotopic (exact) mass is 247 g/mol. The van der Waals surface area contributed by atoms with Gasteiger partial charge in [-0.05, 0) is 18.9 Å². The lowest BCUT2D eigenvalue weighted by Gasteiger charge is -2.13. The van der Waals surface area contributed by atoms with Crippen molar-refractivity contribution in [3.63, 3.8) is 0 Å². The number of benzene rings is 1. The van der Waals surface area contributed by atoms with Crippen molar-refractivity contribution in [2.75, 3.05) is 5.73 Å². The van der Waals surface area contributed by atoms with Crippen LogP contribution in [0.1, 0.15) is 38.3 Å². The molecule has 0 fully saturated rings. The van der Waals surface area contributed by atoms with Crippen LogP contribution in [0, 0.1) is 5.82 Å². The first-order chi connectivity index (χ1) is 8.69. The van der Waals surface area contributed by atoms with E-state index in [-0.39, 0.29) is 5.82 Å². The van der Waals surface area contributed by atoms with E-state index in [9.17, 15) is 4.39 Å². The minimum atomic E-state index is -0.266. The number of aromatic amines is 1. The summed E-state index contributed by atoms with van der Waals surface area (Å²) in [5.41, 5.74) is 8.04. The van der Waals surface area contributed by atoms with Gasteiger partial charge in [0.1, 0.15) is 5.82 Å². The summed E-state index contributed by atoms with van der Waals surface area (Å²) in [6, 6.07) is 6.66. The predicted octanol–water partition coefficient (Wildman–Crippen LogP) is 3.70. The molecule has 1 aromatic heterocycles. The van der Waals surface area contributed by atoms with Crippen LogP contribution in [-0.2, 0) is 0 Å². The average molecular weight is 247 g/mol. The lowest BCUT2D eigenvalue weighted by Crippen LogP contribution is -2.00. The summed E-state index contributed by atoms with van der Waals surface area (Å²) in [5.74, 6) is 0.421. The molecule has 0 amide bonds. The first kappa shape index (κ1) is 12.6. The molecule has 3 N–H and O–H groups in total. The molecule has 0 atom stereocenters. The molecule has 1 aromatic carbocycles. The minimum absolute atomic E-state index is 0.266. The van der Waals surface area contributed by atoms with E-state index in [1.54, 1.807) is 12.1 Å². The van der Waals surface area contributed by atoms with Crippen LogP contribution in [0.3, 0.4) is 0 Å². The molecule has 0 aliphatic heterocycles. The number of hydrogen-bond acceptors (Lipinski definition) is 2. The molecule has 3 nitrogen and oxygen atoms in total. The maximum atomic E-state index is 13.9. The van der Waals surface area contributed by atoms with Crippen molar-refractivity contribution in [3.05, 3.63) is 35.8 Å². The third kappa shape index (κ3) is 2.10. The standard InChI is InChI=1S/C14H18FN3/c1-3-9(4-2)13-12(14(16)18-17-13)10-7-5-6-8-11(10)15/h5-9H,3-4H2,1-2H3,(H3,16,17,18). The third-order valence-electron chi connectivity index (χ3n) is 3.36. The van der Waals surface area contributed by atoms with E-state index in [1.807, 2.05) is 6.07 Å². The van der Waals surface area contributed by atoms with E-state index in [0.717, 1.165) is 18.5 Å². The van der Waals surface area contributed by atoms with E-state index in [4.69, 9.17) is 5.73 Å². The molecule has 0 bridgehead atoms. The van der Waals surface area contributed by atoms with E-state index in [0.29, 0.717) is 22.9 Å². The second-order valence-corrected chi connectivity index (χ2v) is 4.39. The van der Waals surface area contributed by atoms with Gasteiger partial charge >= 0.3 is 0 Å². The number of hydrogen-bond donors (Lipinski definition) is 2. The Morgan fingerprint density at radius 1 is 1.28 bits per heavy atom. The zero-order valence-corrected chi connectivity index (χ0v) is 10.7. The number of nitrogens with zero attached hydrogens (tertiary/aromatic N) is 1. The summed E-state index contributed by atoms with van der Waals surface area (Å²) in [6.07, 6.45) is 1.94. The fraction of sp³-hybridized carbons (Fsp3) is 0.357. The molecule has 0 saturated heterocycles. The van der Waals surface area contributed by atoms with Crippen molar-refractivity contribution in [2.24, 2.45) is 0 Å². The highest BCUT2D eigenvalue weighted by Gasteiger charge is 2.20. The van der Waals surface area contributed by atoms with Crippen molar-refractivity contribution >= 4 is 5.82 Å². The van der Waals surface area contributed by atoms with Crippen LogP contribution in [0.5, 0.6) is 0 Å². The van der Waals surface area contributed by atoms with Gasteiger partial charge in [0.2, 0.25) is 0 Å². The Hall–Kier alpha value is -1.84. The van der Waals surface area contributed by atoms with E-state index >= 15 is 0 Å². The molecular formula is C14H18FN3. The van der Waals surface area contributed by atoms with Crippen molar-refractivity contribution in [1.29, 1.82) is 0 Å². The second kappa shape index (κ2) is 5.21. The molecule has 0 unspecified atom stereocenters. The molecule has 0 spiro atoms. The SMILES string of the molecule is CCC(CC)c1[nH]nc(N)c1-c1ccccc1F. The van der Waals surface area contributed by atoms with Gasteiger partial charge in [0, 0.05) is 22.7 Å². The second-order valence-electron chi connectivity index (χ2n) is 4.39. The zero-order chi connectivity index (χ0) is 13.1. The number of nitrogen functional groups attached to an aromatic ring is 1. The molecule has 18 heavy (non-hydrogen) atoms. The van der Waals surface area contributed by atoms with Crippen LogP contribution in [-0.4, -0.2) is 10.2 Å². The van der Waals surface area contributed by atoms with Crippen LogP contribution in [0.4, 0.5) is 10.2 Å². The van der Waals surface area contributed by atoms with Gasteiger partial charge in [-0.3, -0.25) is 5.10 Å². The van der Waals surface area contributed by atoms with Crippen LogP contribution in [0.2, 0.25) is 0 Å². The smallest absolute Gasteiger partial charge is 0.153 e. The van der Waals surface area contributed by atoms with Crippen LogP contribution < -0.4 is 5.73 Å². The maximum absolute atomic E-state index is 13.9. The highest BCUT2D eigenvalue weighted by molar-refractivity contribution is 5.77. The van der Waals surface area contributed by atoms with Crippen molar-refractivity contribution in [3.8, 4) is 11.1 Å². The van der Waals surface area contributed by atoms with Gasteiger partial charge in [-0.15, -0.1) is 0 Å². The van der Waals surface area contributed by atoms with E-state index < -0.39 is 0 Å². The first-order valence-corrected chi connectivity index (χ1v) is 6.27. The molecular weight excluding hydrogens is 229 g/mol. The summed E-state index contributed by atoms with van der Waals surface area (Å²) in [6.45, 7) is 4.21. The average Bonchev–Trinajstić information content (AvgIpc) is 2.74. The Labute approximate surface area is 106 Å². The van der Waals surface area contributed by atoms with Gasteiger partial charge in [0.15, 0.2) is 5.82 Å². The van der Waals surface area contributed by atoms with Crippen molar-refractivity contribution in [2.45, 2.75) is 32.6 Å². The number of nitrogens with two attached hydrogens (primary N) is 1. The van der Waals surface area contributed by atoms with Crippen LogP contribution in [0.25, 0.3) is 11.1 Å². The van der Waals surface area contributed by atoms with Gasteiger partial charge in [0.25, 0.3) is 0 Å². The Morgan fingerprint density at radius 3 is 2.56 bits per heavy atom. The zero-order valence-electron chi connectivity index (χ0n) is 10.7. The van der Waals surface area contributed by atoms with Crippen molar-refractivity contribution < 1.29 is 4.39 Å². The summed E-state index contributed by atoms with van der Waals surface area (Å²) >= 11 is 0. The maximum Gasteiger partial charge on any atom is 0.153 e. The lowest BCUT2D eigenvalue weighted by molar-refractivity contribution is 0.617. The largest absolute Gasteiger partial charge is 0.382 e. The number of anilines is 1. The molecule has 2 rings (SSSR count). The van der Waals surface area contributed by atoms with E-state index in [2.05, 4.69) is 24.0 Å². The molecule has 0 aliphatic carbocycles.